The van der Waals surface area contributed by atoms with Gasteiger partial charge in [-0.05, 0) is 39.8 Å². The molecule has 0 aliphatic carbocycles. The van der Waals surface area contributed by atoms with Crippen LogP contribution < -0.4 is 10.5 Å². The van der Waals surface area contributed by atoms with Gasteiger partial charge >= 0.3 is 0 Å². The van der Waals surface area contributed by atoms with Crippen LogP contribution in [0.25, 0.3) is 11.0 Å². The summed E-state index contributed by atoms with van der Waals surface area (Å²) in [5.74, 6) is 1.19. The van der Waals surface area contributed by atoms with Crippen molar-refractivity contribution in [2.24, 2.45) is 0 Å². The number of rotatable bonds is 3. The third kappa shape index (κ3) is 2.44. The van der Waals surface area contributed by atoms with Gasteiger partial charge < -0.3 is 15.5 Å². The monoisotopic (exact) mass is 351 g/mol. The quantitative estimate of drug-likeness (QED) is 0.705. The molecule has 0 aliphatic heterocycles. The number of aromatic nitrogens is 4. The number of nitrogens with one attached hydrogen (secondary N) is 1. The Morgan fingerprint density at radius 3 is 3.00 bits per heavy atom. The highest BCUT2D eigenvalue weighted by Gasteiger charge is 2.11. The van der Waals surface area contributed by atoms with E-state index in [1.807, 2.05) is 18.2 Å². The van der Waals surface area contributed by atoms with Crippen LogP contribution >= 0.6 is 27.7 Å². The van der Waals surface area contributed by atoms with E-state index in [4.69, 9.17) is 10.5 Å². The van der Waals surface area contributed by atoms with Crippen molar-refractivity contribution in [1.29, 1.82) is 0 Å². The molecule has 0 aliphatic rings. The molecule has 3 rings (SSSR count). The van der Waals surface area contributed by atoms with Crippen molar-refractivity contribution in [3.05, 3.63) is 29.0 Å². The van der Waals surface area contributed by atoms with Crippen LogP contribution in [0, 0.1) is 0 Å². The van der Waals surface area contributed by atoms with Crippen molar-refractivity contribution in [2.45, 2.75) is 10.2 Å². The smallest absolute Gasteiger partial charge is 0.172 e. The van der Waals surface area contributed by atoms with Crippen molar-refractivity contribution < 1.29 is 4.74 Å². The molecule has 0 unspecified atom stereocenters. The SMILES string of the molecule is COc1ccc2nc(Sc3ncnc(N)c3Br)[nH]c2c1. The summed E-state index contributed by atoms with van der Waals surface area (Å²) in [6.45, 7) is 0. The van der Waals surface area contributed by atoms with Gasteiger partial charge in [0.1, 0.15) is 22.9 Å². The molecule has 2 aromatic heterocycles. The lowest BCUT2D eigenvalue weighted by Crippen LogP contribution is -1.94. The highest BCUT2D eigenvalue weighted by atomic mass is 79.9. The van der Waals surface area contributed by atoms with E-state index in [1.54, 1.807) is 7.11 Å². The van der Waals surface area contributed by atoms with Gasteiger partial charge in [0, 0.05) is 6.07 Å². The third-order valence-electron chi connectivity index (χ3n) is 2.65. The molecule has 0 amide bonds. The van der Waals surface area contributed by atoms with E-state index in [0.29, 0.717) is 15.3 Å². The van der Waals surface area contributed by atoms with Crippen LogP contribution in [0.15, 0.2) is 39.2 Å². The van der Waals surface area contributed by atoms with Crippen LogP contribution in [-0.2, 0) is 0 Å². The number of nitrogens with zero attached hydrogens (tertiary/aromatic N) is 3. The van der Waals surface area contributed by atoms with Crippen LogP contribution in [0.4, 0.5) is 5.82 Å². The van der Waals surface area contributed by atoms with Gasteiger partial charge in [0.25, 0.3) is 0 Å². The van der Waals surface area contributed by atoms with Crippen LogP contribution in [0.3, 0.4) is 0 Å². The summed E-state index contributed by atoms with van der Waals surface area (Å²) in [4.78, 5) is 15.8. The molecule has 2 heterocycles. The predicted molar refractivity (Wildman–Crippen MR) is 80.9 cm³/mol. The third-order valence-corrected chi connectivity index (χ3v) is 4.58. The molecule has 0 spiro atoms. The Balaban J connectivity index is 1.96. The maximum atomic E-state index is 5.73. The predicted octanol–water partition coefficient (Wildman–Crippen LogP) is 2.86. The normalized spacial score (nSPS) is 10.9. The van der Waals surface area contributed by atoms with Gasteiger partial charge in [0.05, 0.1) is 22.6 Å². The number of hydrogen-bond donors (Lipinski definition) is 2. The summed E-state index contributed by atoms with van der Waals surface area (Å²) in [5, 5.41) is 1.44. The lowest BCUT2D eigenvalue weighted by Gasteiger charge is -2.01. The Hall–Kier alpha value is -1.80. The molecule has 0 fully saturated rings. The zero-order chi connectivity index (χ0) is 14.1. The highest BCUT2D eigenvalue weighted by Crippen LogP contribution is 2.33. The Morgan fingerprint density at radius 1 is 1.35 bits per heavy atom. The van der Waals surface area contributed by atoms with Gasteiger partial charge in [-0.1, -0.05) is 0 Å². The first-order chi connectivity index (χ1) is 9.67. The van der Waals surface area contributed by atoms with Crippen molar-refractivity contribution in [2.75, 3.05) is 12.8 Å². The average molecular weight is 352 g/mol. The zero-order valence-electron chi connectivity index (χ0n) is 10.4. The van der Waals surface area contributed by atoms with Gasteiger partial charge in [-0.3, -0.25) is 0 Å². The number of benzene rings is 1. The second-order valence-electron chi connectivity index (χ2n) is 3.91. The van der Waals surface area contributed by atoms with Crippen molar-refractivity contribution in [3.63, 3.8) is 0 Å². The number of methoxy groups -OCH3 is 1. The molecule has 102 valence electrons. The van der Waals surface area contributed by atoms with E-state index in [0.717, 1.165) is 21.9 Å². The van der Waals surface area contributed by atoms with Gasteiger partial charge in [0.15, 0.2) is 5.16 Å². The van der Waals surface area contributed by atoms with E-state index in [9.17, 15) is 0 Å². The first kappa shape index (κ1) is 13.2. The number of imidazole rings is 1. The summed E-state index contributed by atoms with van der Waals surface area (Å²) >= 11 is 4.75. The average Bonchev–Trinajstić information content (AvgIpc) is 2.85. The molecular weight excluding hydrogens is 342 g/mol. The molecule has 0 atom stereocenters. The van der Waals surface area contributed by atoms with Crippen LogP contribution in [0.2, 0.25) is 0 Å². The minimum Gasteiger partial charge on any atom is -0.497 e. The van der Waals surface area contributed by atoms with E-state index in [-0.39, 0.29) is 0 Å². The second-order valence-corrected chi connectivity index (χ2v) is 5.68. The maximum absolute atomic E-state index is 5.73. The van der Waals surface area contributed by atoms with Crippen molar-refractivity contribution in [1.82, 2.24) is 19.9 Å². The van der Waals surface area contributed by atoms with E-state index < -0.39 is 0 Å². The lowest BCUT2D eigenvalue weighted by atomic mass is 10.3. The van der Waals surface area contributed by atoms with Gasteiger partial charge in [0.2, 0.25) is 0 Å². The van der Waals surface area contributed by atoms with Gasteiger partial charge in [-0.25, -0.2) is 15.0 Å². The van der Waals surface area contributed by atoms with E-state index >= 15 is 0 Å². The fourth-order valence-electron chi connectivity index (χ4n) is 1.67. The van der Waals surface area contributed by atoms with Gasteiger partial charge in [-0.15, -0.1) is 0 Å². The molecule has 0 bridgehead atoms. The Morgan fingerprint density at radius 2 is 2.20 bits per heavy atom. The summed E-state index contributed by atoms with van der Waals surface area (Å²) in [7, 11) is 1.63. The standard InChI is InChI=1S/C12H10BrN5OS/c1-19-6-2-3-7-8(4-6)18-12(17-7)20-11-9(13)10(14)15-5-16-11/h2-5H,1H3,(H,17,18)(H2,14,15,16). The Bertz CT molecular complexity index is 776. The first-order valence-corrected chi connectivity index (χ1v) is 7.26. The number of aromatic amines is 1. The van der Waals surface area contributed by atoms with E-state index in [1.165, 1.54) is 18.1 Å². The highest BCUT2D eigenvalue weighted by molar-refractivity contribution is 9.10. The van der Waals surface area contributed by atoms with Crippen LogP contribution in [0.5, 0.6) is 5.75 Å². The minimum atomic E-state index is 0.403. The fourth-order valence-corrected chi connectivity index (χ4v) is 2.90. The molecule has 3 aromatic rings. The number of H-pyrrole nitrogens is 1. The number of ether oxygens (including phenoxy) is 1. The van der Waals surface area contributed by atoms with Crippen molar-refractivity contribution in [3.8, 4) is 5.75 Å². The molecule has 6 nitrogen and oxygen atoms in total. The number of anilines is 1. The molecule has 1 aromatic carbocycles. The molecular formula is C12H10BrN5OS. The number of nitrogen functional groups attached to an aromatic ring is 1. The Labute approximate surface area is 127 Å². The molecule has 8 heteroatoms. The number of halogens is 1. The van der Waals surface area contributed by atoms with Crippen LogP contribution in [0.1, 0.15) is 0 Å². The summed E-state index contributed by atoms with van der Waals surface area (Å²) in [6, 6.07) is 5.67. The zero-order valence-corrected chi connectivity index (χ0v) is 12.8. The van der Waals surface area contributed by atoms with Crippen molar-refractivity contribution >= 4 is 44.5 Å². The molecule has 20 heavy (non-hydrogen) atoms. The fraction of sp³-hybridized carbons (Fsp3) is 0.0833. The van der Waals surface area contributed by atoms with Gasteiger partial charge in [-0.2, -0.15) is 0 Å². The van der Waals surface area contributed by atoms with Crippen LogP contribution in [-0.4, -0.2) is 27.0 Å². The number of nitrogens with two attached hydrogens (primary N) is 1. The number of hydrogen-bond acceptors (Lipinski definition) is 6. The molecule has 0 radical (unpaired) electrons. The molecule has 0 saturated carbocycles. The maximum Gasteiger partial charge on any atom is 0.172 e. The Kier molecular flexibility index (Phi) is 3.49. The number of fused-ring (bicyclic) bond motifs is 1. The largest absolute Gasteiger partial charge is 0.497 e. The lowest BCUT2D eigenvalue weighted by molar-refractivity contribution is 0.415. The topological polar surface area (TPSA) is 89.7 Å². The summed E-state index contributed by atoms with van der Waals surface area (Å²) < 4.78 is 5.85. The second kappa shape index (κ2) is 5.29. The summed E-state index contributed by atoms with van der Waals surface area (Å²) in [5.41, 5.74) is 7.50. The first-order valence-electron chi connectivity index (χ1n) is 5.65. The minimum absolute atomic E-state index is 0.403. The van der Waals surface area contributed by atoms with E-state index in [2.05, 4.69) is 35.9 Å². The molecule has 0 saturated heterocycles. The molecule has 3 N–H and O–H groups in total. The summed E-state index contributed by atoms with van der Waals surface area (Å²) in [6.07, 6.45) is 1.42.